The van der Waals surface area contributed by atoms with E-state index in [2.05, 4.69) is 0 Å². The van der Waals surface area contributed by atoms with Gasteiger partial charge in [-0.15, -0.1) is 0 Å². The SMILES string of the molecule is CC1=C(CO)c2cc(F)ccc2C1. The van der Waals surface area contributed by atoms with Crippen molar-refractivity contribution in [3.63, 3.8) is 0 Å². The minimum absolute atomic E-state index is 0.00227. The largest absolute Gasteiger partial charge is 0.392 e. The molecule has 0 spiro atoms. The maximum Gasteiger partial charge on any atom is 0.123 e. The van der Waals surface area contributed by atoms with E-state index in [0.29, 0.717) is 0 Å². The Morgan fingerprint density at radius 1 is 1.46 bits per heavy atom. The van der Waals surface area contributed by atoms with E-state index in [9.17, 15) is 4.39 Å². The first-order valence-corrected chi connectivity index (χ1v) is 4.30. The van der Waals surface area contributed by atoms with Gasteiger partial charge in [0.15, 0.2) is 0 Å². The van der Waals surface area contributed by atoms with Crippen LogP contribution in [0, 0.1) is 5.82 Å². The molecule has 0 radical (unpaired) electrons. The summed E-state index contributed by atoms with van der Waals surface area (Å²) in [7, 11) is 0. The number of allylic oxidation sites excluding steroid dienone is 1. The Bertz CT molecular complexity index is 380. The summed E-state index contributed by atoms with van der Waals surface area (Å²) in [6.07, 6.45) is 0.839. The molecule has 2 rings (SSSR count). The molecule has 0 fully saturated rings. The lowest BCUT2D eigenvalue weighted by Crippen LogP contribution is -1.90. The zero-order valence-corrected chi connectivity index (χ0v) is 7.47. The highest BCUT2D eigenvalue weighted by Crippen LogP contribution is 2.32. The van der Waals surface area contributed by atoms with Crippen LogP contribution in [0.1, 0.15) is 18.1 Å². The number of hydrogen-bond acceptors (Lipinski definition) is 1. The molecule has 13 heavy (non-hydrogen) atoms. The van der Waals surface area contributed by atoms with Gasteiger partial charge in [0.1, 0.15) is 5.82 Å². The van der Waals surface area contributed by atoms with Crippen LogP contribution in [0.15, 0.2) is 23.8 Å². The Morgan fingerprint density at radius 3 is 2.92 bits per heavy atom. The first-order chi connectivity index (χ1) is 6.22. The molecule has 0 saturated heterocycles. The Hall–Kier alpha value is -1.15. The van der Waals surface area contributed by atoms with E-state index in [4.69, 9.17) is 5.11 Å². The quantitative estimate of drug-likeness (QED) is 0.698. The fraction of sp³-hybridized carbons (Fsp3) is 0.273. The highest BCUT2D eigenvalue weighted by Gasteiger charge is 2.18. The molecule has 0 bridgehead atoms. The lowest BCUT2D eigenvalue weighted by molar-refractivity contribution is 0.350. The summed E-state index contributed by atoms with van der Waals surface area (Å²) in [5.74, 6) is -0.237. The lowest BCUT2D eigenvalue weighted by Gasteiger charge is -2.02. The molecule has 0 unspecified atom stereocenters. The Balaban J connectivity index is 2.55. The van der Waals surface area contributed by atoms with Gasteiger partial charge in [-0.3, -0.25) is 0 Å². The zero-order chi connectivity index (χ0) is 9.42. The van der Waals surface area contributed by atoms with Gasteiger partial charge < -0.3 is 5.11 Å². The maximum absolute atomic E-state index is 12.9. The molecule has 1 aliphatic carbocycles. The summed E-state index contributed by atoms with van der Waals surface area (Å²) in [6.45, 7) is 1.98. The van der Waals surface area contributed by atoms with E-state index >= 15 is 0 Å². The predicted molar refractivity (Wildman–Crippen MR) is 49.8 cm³/mol. The van der Waals surface area contributed by atoms with Gasteiger partial charge in [-0.05, 0) is 42.2 Å². The monoisotopic (exact) mass is 178 g/mol. The van der Waals surface area contributed by atoms with Gasteiger partial charge in [0, 0.05) is 0 Å². The molecule has 1 aromatic carbocycles. The van der Waals surface area contributed by atoms with Crippen LogP contribution in [0.2, 0.25) is 0 Å². The van der Waals surface area contributed by atoms with Crippen molar-refractivity contribution in [1.82, 2.24) is 0 Å². The molecule has 68 valence electrons. The second-order valence-electron chi connectivity index (χ2n) is 3.40. The summed E-state index contributed by atoms with van der Waals surface area (Å²) >= 11 is 0. The standard InChI is InChI=1S/C11H11FO/c1-7-4-8-2-3-9(12)5-10(8)11(7)6-13/h2-3,5,13H,4,6H2,1H3. The normalized spacial score (nSPS) is 15.0. The van der Waals surface area contributed by atoms with Gasteiger partial charge in [-0.1, -0.05) is 11.6 Å². The second kappa shape index (κ2) is 2.96. The Labute approximate surface area is 76.5 Å². The number of aliphatic hydroxyl groups is 1. The number of fused-ring (bicyclic) bond motifs is 1. The molecular formula is C11H11FO. The number of hydrogen-bond donors (Lipinski definition) is 1. The fourth-order valence-electron chi connectivity index (χ4n) is 1.83. The molecular weight excluding hydrogens is 167 g/mol. The van der Waals surface area contributed by atoms with E-state index in [-0.39, 0.29) is 12.4 Å². The van der Waals surface area contributed by atoms with E-state index < -0.39 is 0 Å². The molecule has 1 aromatic rings. The zero-order valence-electron chi connectivity index (χ0n) is 7.47. The molecule has 0 aromatic heterocycles. The number of rotatable bonds is 1. The third-order valence-corrected chi connectivity index (χ3v) is 2.53. The number of aliphatic hydroxyl groups excluding tert-OH is 1. The molecule has 0 aliphatic heterocycles. The van der Waals surface area contributed by atoms with Crippen molar-refractivity contribution in [3.05, 3.63) is 40.7 Å². The maximum atomic E-state index is 12.9. The van der Waals surface area contributed by atoms with Gasteiger partial charge in [0.05, 0.1) is 6.61 Å². The first kappa shape index (κ1) is 8.45. The van der Waals surface area contributed by atoms with Crippen molar-refractivity contribution >= 4 is 5.57 Å². The van der Waals surface area contributed by atoms with Gasteiger partial charge >= 0.3 is 0 Å². The highest BCUT2D eigenvalue weighted by atomic mass is 19.1. The minimum atomic E-state index is -0.237. The van der Waals surface area contributed by atoms with Crippen LogP contribution in [0.3, 0.4) is 0 Å². The second-order valence-corrected chi connectivity index (χ2v) is 3.40. The molecule has 0 heterocycles. The molecule has 2 heteroatoms. The van der Waals surface area contributed by atoms with Crippen molar-refractivity contribution in [1.29, 1.82) is 0 Å². The van der Waals surface area contributed by atoms with Gasteiger partial charge in [-0.2, -0.15) is 0 Å². The van der Waals surface area contributed by atoms with Crippen LogP contribution in [0.4, 0.5) is 4.39 Å². The molecule has 0 atom stereocenters. The van der Waals surface area contributed by atoms with E-state index in [0.717, 1.165) is 28.7 Å². The Kier molecular flexibility index (Phi) is 1.93. The average Bonchev–Trinajstić information content (AvgIpc) is 2.40. The first-order valence-electron chi connectivity index (χ1n) is 4.30. The fourth-order valence-corrected chi connectivity index (χ4v) is 1.83. The summed E-state index contributed by atoms with van der Waals surface area (Å²) < 4.78 is 12.9. The van der Waals surface area contributed by atoms with Crippen molar-refractivity contribution in [3.8, 4) is 0 Å². The summed E-state index contributed by atoms with van der Waals surface area (Å²) in [4.78, 5) is 0. The average molecular weight is 178 g/mol. The van der Waals surface area contributed by atoms with Crippen LogP contribution >= 0.6 is 0 Å². The summed E-state index contributed by atoms with van der Waals surface area (Å²) in [5, 5.41) is 9.09. The van der Waals surface area contributed by atoms with Crippen LogP contribution in [0.5, 0.6) is 0 Å². The molecule has 1 N–H and O–H groups in total. The van der Waals surface area contributed by atoms with Crippen molar-refractivity contribution in [2.75, 3.05) is 6.61 Å². The third-order valence-electron chi connectivity index (χ3n) is 2.53. The summed E-state index contributed by atoms with van der Waals surface area (Å²) in [6, 6.07) is 4.75. The van der Waals surface area contributed by atoms with Crippen molar-refractivity contribution < 1.29 is 9.50 Å². The number of halogens is 1. The van der Waals surface area contributed by atoms with Crippen molar-refractivity contribution in [2.45, 2.75) is 13.3 Å². The Morgan fingerprint density at radius 2 is 2.23 bits per heavy atom. The van der Waals surface area contributed by atoms with E-state index in [1.807, 2.05) is 6.92 Å². The van der Waals surface area contributed by atoms with Gasteiger partial charge in [-0.25, -0.2) is 4.39 Å². The lowest BCUT2D eigenvalue weighted by atomic mass is 10.1. The van der Waals surface area contributed by atoms with Crippen LogP contribution in [0.25, 0.3) is 5.57 Å². The molecule has 0 saturated carbocycles. The summed E-state index contributed by atoms with van der Waals surface area (Å²) in [5.41, 5.74) is 4.01. The smallest absolute Gasteiger partial charge is 0.123 e. The number of benzene rings is 1. The van der Waals surface area contributed by atoms with E-state index in [1.54, 1.807) is 6.07 Å². The minimum Gasteiger partial charge on any atom is -0.392 e. The van der Waals surface area contributed by atoms with Gasteiger partial charge in [0.25, 0.3) is 0 Å². The van der Waals surface area contributed by atoms with Crippen LogP contribution in [-0.2, 0) is 6.42 Å². The third kappa shape index (κ3) is 1.27. The molecule has 1 aliphatic rings. The predicted octanol–water partition coefficient (Wildman–Crippen LogP) is 2.15. The van der Waals surface area contributed by atoms with Gasteiger partial charge in [0.2, 0.25) is 0 Å². The van der Waals surface area contributed by atoms with Crippen LogP contribution < -0.4 is 0 Å². The van der Waals surface area contributed by atoms with E-state index in [1.165, 1.54) is 12.1 Å². The highest BCUT2D eigenvalue weighted by molar-refractivity contribution is 5.76. The molecule has 0 amide bonds. The molecule has 1 nitrogen and oxygen atoms in total. The van der Waals surface area contributed by atoms with Crippen LogP contribution in [-0.4, -0.2) is 11.7 Å². The van der Waals surface area contributed by atoms with Crippen molar-refractivity contribution in [2.24, 2.45) is 0 Å². The topological polar surface area (TPSA) is 20.2 Å².